The smallest absolute Gasteiger partial charge is 0.387 e. The van der Waals surface area contributed by atoms with Crippen LogP contribution in [0.2, 0.25) is 0 Å². The number of ether oxygens (including phenoxy) is 2. The van der Waals surface area contributed by atoms with E-state index in [4.69, 9.17) is 4.74 Å². The summed E-state index contributed by atoms with van der Waals surface area (Å²) in [5, 5.41) is 0. The van der Waals surface area contributed by atoms with E-state index in [0.717, 1.165) is 5.56 Å². The molecule has 0 fully saturated rings. The molecule has 21 heavy (non-hydrogen) atoms. The zero-order valence-corrected chi connectivity index (χ0v) is 11.2. The maximum atomic E-state index is 12.3. The third-order valence-corrected chi connectivity index (χ3v) is 2.75. The Labute approximate surface area is 121 Å². The lowest BCUT2D eigenvalue weighted by molar-refractivity contribution is -0.0502. The molecule has 0 aliphatic heterocycles. The normalized spacial score (nSPS) is 10.6. The predicted molar refractivity (Wildman–Crippen MR) is 73.5 cm³/mol. The number of benzene rings is 2. The van der Waals surface area contributed by atoms with E-state index in [1.165, 1.54) is 18.2 Å². The van der Waals surface area contributed by atoms with Gasteiger partial charge in [0.1, 0.15) is 12.4 Å². The fraction of sp³-hybridized carbons (Fsp3) is 0.188. The molecule has 0 unspecified atom stereocenters. The Morgan fingerprint density at radius 3 is 2.38 bits per heavy atom. The summed E-state index contributed by atoms with van der Waals surface area (Å²) in [5.41, 5.74) is 1.02. The molecule has 0 heterocycles. The zero-order chi connectivity index (χ0) is 15.1. The Balaban J connectivity index is 1.94. The summed E-state index contributed by atoms with van der Waals surface area (Å²) in [7, 11) is 0. The van der Waals surface area contributed by atoms with Crippen molar-refractivity contribution in [3.05, 3.63) is 65.7 Å². The van der Waals surface area contributed by atoms with E-state index in [9.17, 15) is 13.6 Å². The first-order chi connectivity index (χ1) is 10.2. The number of Topliss-reactive ketones (excluding diaryl/α,β-unsaturated/α-hetero) is 1. The minimum absolute atomic E-state index is 0.0888. The highest BCUT2D eigenvalue weighted by atomic mass is 19.3. The second-order valence-electron chi connectivity index (χ2n) is 4.28. The van der Waals surface area contributed by atoms with Gasteiger partial charge in [-0.3, -0.25) is 4.79 Å². The molecular weight excluding hydrogens is 278 g/mol. The minimum atomic E-state index is -2.97. The van der Waals surface area contributed by atoms with Crippen molar-refractivity contribution in [1.29, 1.82) is 0 Å². The van der Waals surface area contributed by atoms with Crippen molar-refractivity contribution in [2.45, 2.75) is 13.2 Å². The number of carbonyl (C=O) groups excluding carboxylic acids is 1. The van der Waals surface area contributed by atoms with Gasteiger partial charge in [0.25, 0.3) is 0 Å². The molecule has 0 spiro atoms. The van der Waals surface area contributed by atoms with Gasteiger partial charge in [0.2, 0.25) is 0 Å². The summed E-state index contributed by atoms with van der Waals surface area (Å²) in [6.07, 6.45) is 0. The summed E-state index contributed by atoms with van der Waals surface area (Å²) in [4.78, 5) is 12.0. The molecule has 5 heteroatoms. The van der Waals surface area contributed by atoms with Crippen molar-refractivity contribution in [1.82, 2.24) is 0 Å². The van der Waals surface area contributed by atoms with Crippen molar-refractivity contribution in [3.63, 3.8) is 0 Å². The molecule has 0 aliphatic carbocycles. The molecule has 0 amide bonds. The fourth-order valence-electron chi connectivity index (χ4n) is 1.81. The van der Waals surface area contributed by atoms with Crippen LogP contribution in [-0.2, 0) is 11.3 Å². The van der Waals surface area contributed by atoms with Gasteiger partial charge in [0.15, 0.2) is 5.78 Å². The maximum Gasteiger partial charge on any atom is 0.387 e. The van der Waals surface area contributed by atoms with Crippen molar-refractivity contribution in [3.8, 4) is 5.75 Å². The Morgan fingerprint density at radius 2 is 1.67 bits per heavy atom. The van der Waals surface area contributed by atoms with Crippen molar-refractivity contribution in [2.75, 3.05) is 6.61 Å². The van der Waals surface area contributed by atoms with Crippen LogP contribution in [0.1, 0.15) is 15.9 Å². The number of para-hydroxylation sites is 1. The Kier molecular flexibility index (Phi) is 5.40. The lowest BCUT2D eigenvalue weighted by atomic mass is 10.1. The van der Waals surface area contributed by atoms with Gasteiger partial charge in [-0.15, -0.1) is 0 Å². The molecule has 110 valence electrons. The Bertz CT molecular complexity index is 585. The Hall–Kier alpha value is -2.27. The molecule has 0 saturated carbocycles. The van der Waals surface area contributed by atoms with Gasteiger partial charge in [0.05, 0.1) is 12.2 Å². The van der Waals surface area contributed by atoms with Crippen molar-refractivity contribution in [2.24, 2.45) is 0 Å². The number of hydrogen-bond donors (Lipinski definition) is 0. The minimum Gasteiger partial charge on any atom is -0.434 e. The van der Waals surface area contributed by atoms with Crippen LogP contribution in [0.15, 0.2) is 54.6 Å². The zero-order valence-electron chi connectivity index (χ0n) is 11.2. The largest absolute Gasteiger partial charge is 0.434 e. The lowest BCUT2D eigenvalue weighted by Gasteiger charge is -2.10. The number of halogens is 2. The first-order valence-corrected chi connectivity index (χ1v) is 6.35. The number of hydrogen-bond acceptors (Lipinski definition) is 3. The highest BCUT2D eigenvalue weighted by Gasteiger charge is 2.15. The van der Waals surface area contributed by atoms with Gasteiger partial charge >= 0.3 is 6.61 Å². The molecule has 0 bridgehead atoms. The molecule has 2 aromatic carbocycles. The third kappa shape index (κ3) is 4.65. The van der Waals surface area contributed by atoms with Crippen LogP contribution in [0.3, 0.4) is 0 Å². The molecular formula is C16H14F2O3. The molecule has 0 saturated heterocycles. The number of carbonyl (C=O) groups is 1. The fourth-order valence-corrected chi connectivity index (χ4v) is 1.81. The van der Waals surface area contributed by atoms with Gasteiger partial charge < -0.3 is 9.47 Å². The van der Waals surface area contributed by atoms with Crippen LogP contribution in [0, 0.1) is 0 Å². The van der Waals surface area contributed by atoms with Crippen molar-refractivity contribution >= 4 is 5.78 Å². The lowest BCUT2D eigenvalue weighted by Crippen LogP contribution is -2.12. The van der Waals surface area contributed by atoms with Gasteiger partial charge in [-0.25, -0.2) is 0 Å². The van der Waals surface area contributed by atoms with Crippen LogP contribution in [0.4, 0.5) is 8.78 Å². The van der Waals surface area contributed by atoms with Crippen LogP contribution in [-0.4, -0.2) is 19.0 Å². The molecule has 2 aromatic rings. The third-order valence-electron chi connectivity index (χ3n) is 2.75. The van der Waals surface area contributed by atoms with Crippen LogP contribution in [0.5, 0.6) is 5.75 Å². The average molecular weight is 292 g/mol. The van der Waals surface area contributed by atoms with E-state index < -0.39 is 12.4 Å². The van der Waals surface area contributed by atoms with Gasteiger partial charge in [-0.1, -0.05) is 42.5 Å². The summed E-state index contributed by atoms with van der Waals surface area (Å²) in [6, 6.07) is 15.2. The first kappa shape index (κ1) is 15.1. The first-order valence-electron chi connectivity index (χ1n) is 6.35. The molecule has 0 atom stereocenters. The Morgan fingerprint density at radius 1 is 1.00 bits per heavy atom. The number of rotatable bonds is 7. The van der Waals surface area contributed by atoms with Crippen molar-refractivity contribution < 1.29 is 23.0 Å². The second-order valence-corrected chi connectivity index (χ2v) is 4.28. The SMILES string of the molecule is O=C(COCc1ccccc1)c1ccccc1OC(F)F. The van der Waals surface area contributed by atoms with Gasteiger partial charge in [-0.2, -0.15) is 8.78 Å². The number of alkyl halides is 2. The molecule has 0 N–H and O–H groups in total. The second kappa shape index (κ2) is 7.50. The number of ketones is 1. The topological polar surface area (TPSA) is 35.5 Å². The van der Waals surface area contributed by atoms with E-state index in [0.29, 0.717) is 0 Å². The van der Waals surface area contributed by atoms with Crippen LogP contribution >= 0.6 is 0 Å². The highest BCUT2D eigenvalue weighted by molar-refractivity contribution is 5.99. The van der Waals surface area contributed by atoms with E-state index in [1.54, 1.807) is 6.07 Å². The van der Waals surface area contributed by atoms with E-state index in [1.807, 2.05) is 30.3 Å². The quantitative estimate of drug-likeness (QED) is 0.730. The predicted octanol–water partition coefficient (Wildman–Crippen LogP) is 3.69. The molecule has 0 aliphatic rings. The summed E-state index contributed by atoms with van der Waals surface area (Å²) < 4.78 is 34.2. The van der Waals surface area contributed by atoms with E-state index >= 15 is 0 Å². The molecule has 0 radical (unpaired) electrons. The van der Waals surface area contributed by atoms with E-state index in [2.05, 4.69) is 4.74 Å². The highest BCUT2D eigenvalue weighted by Crippen LogP contribution is 2.20. The van der Waals surface area contributed by atoms with Gasteiger partial charge in [0, 0.05) is 0 Å². The maximum absolute atomic E-state index is 12.3. The van der Waals surface area contributed by atoms with Crippen LogP contribution < -0.4 is 4.74 Å². The van der Waals surface area contributed by atoms with Crippen LogP contribution in [0.25, 0.3) is 0 Å². The van der Waals surface area contributed by atoms with Gasteiger partial charge in [-0.05, 0) is 17.7 Å². The monoisotopic (exact) mass is 292 g/mol. The molecule has 3 nitrogen and oxygen atoms in total. The summed E-state index contributed by atoms with van der Waals surface area (Å²) in [6.45, 7) is -2.88. The molecule has 2 rings (SSSR count). The average Bonchev–Trinajstić information content (AvgIpc) is 2.48. The summed E-state index contributed by atoms with van der Waals surface area (Å²) >= 11 is 0. The summed E-state index contributed by atoms with van der Waals surface area (Å²) in [5.74, 6) is -0.539. The standard InChI is InChI=1S/C16H14F2O3/c17-16(18)21-15-9-5-4-8-13(15)14(19)11-20-10-12-6-2-1-3-7-12/h1-9,16H,10-11H2. The van der Waals surface area contributed by atoms with E-state index in [-0.39, 0.29) is 24.5 Å². The molecule has 0 aromatic heterocycles.